The molecule has 1 atom stereocenters. The second kappa shape index (κ2) is 35.7. The lowest BCUT2D eigenvalue weighted by Gasteiger charge is -2.22. The molecule has 0 amide bonds. The molecule has 1 N–H and O–H groups in total. The monoisotopic (exact) mass is 997 g/mol. The number of carbonyl (C=O) groups excluding carboxylic acids is 6. The predicted molar refractivity (Wildman–Crippen MR) is 270 cm³/mol. The van der Waals surface area contributed by atoms with E-state index in [1.165, 1.54) is 55.0 Å². The lowest BCUT2D eigenvalue weighted by molar-refractivity contribution is -0.385. The highest BCUT2D eigenvalue weighted by molar-refractivity contribution is 6.17. The highest BCUT2D eigenvalue weighted by Crippen LogP contribution is 2.32. The van der Waals surface area contributed by atoms with Crippen LogP contribution in [-0.2, 0) is 60.6 Å². The van der Waals surface area contributed by atoms with Crippen molar-refractivity contribution >= 4 is 52.9 Å². The number of hydrogen-bond donors (Lipinski definition) is 1. The van der Waals surface area contributed by atoms with E-state index < -0.39 is 83.0 Å². The first-order valence-electron chi connectivity index (χ1n) is 26.8. The van der Waals surface area contributed by atoms with E-state index in [1.807, 2.05) is 52.0 Å². The van der Waals surface area contributed by atoms with Gasteiger partial charge in [-0.3, -0.25) is 39.4 Å². The molecule has 17 heteroatoms. The van der Waals surface area contributed by atoms with Gasteiger partial charge in [-0.1, -0.05) is 106 Å². The number of nitrogens with zero attached hydrogens (tertiary/aromatic N) is 2. The number of aryl methyl sites for hydroxylation is 2. The number of ketones is 2. The van der Waals surface area contributed by atoms with Gasteiger partial charge in [0.15, 0.2) is 5.92 Å². The van der Waals surface area contributed by atoms with Crippen molar-refractivity contribution in [3.05, 3.63) is 157 Å². The Morgan fingerprint density at radius 1 is 0.662 bits per heavy atom. The molecule has 0 aromatic heterocycles. The van der Waals surface area contributed by atoms with Crippen LogP contribution in [0.4, 0.5) is 11.4 Å². The summed E-state index contributed by atoms with van der Waals surface area (Å²) in [6, 6.07) is 28.9. The maximum atomic E-state index is 12.1. The maximum absolute atomic E-state index is 12.1. The fourth-order valence-electron chi connectivity index (χ4n) is 5.46. The molecule has 0 heterocycles. The number of rotatable bonds is 20. The van der Waals surface area contributed by atoms with Crippen LogP contribution < -0.4 is 0 Å². The van der Waals surface area contributed by atoms with Crippen LogP contribution in [0.5, 0.6) is 0 Å². The summed E-state index contributed by atoms with van der Waals surface area (Å²) >= 11 is 0. The minimum Gasteiger partial charge on any atom is -0.468 e. The summed E-state index contributed by atoms with van der Waals surface area (Å²) in [6.07, 6.45) is -3.02. The van der Waals surface area contributed by atoms with Crippen LogP contribution in [0.2, 0.25) is 0 Å². The van der Waals surface area contributed by atoms with Crippen LogP contribution in [0.3, 0.4) is 0 Å². The summed E-state index contributed by atoms with van der Waals surface area (Å²) in [5.74, 6) is -8.67. The largest absolute Gasteiger partial charge is 0.468 e. The molecule has 4 aromatic rings. The number of hydrogen-bond acceptors (Lipinski definition) is 15. The molecule has 0 bridgehead atoms. The molecule has 17 nitrogen and oxygen atoms in total. The quantitative estimate of drug-likeness (QED) is 0.0165. The lowest BCUT2D eigenvalue weighted by Crippen LogP contribution is -2.32. The third kappa shape index (κ3) is 28.0. The predicted octanol–water partition coefficient (Wildman–Crippen LogP) is 10.1. The van der Waals surface area contributed by atoms with Gasteiger partial charge in [0.25, 0.3) is 11.4 Å². The first-order chi connectivity index (χ1) is 37.5. The Morgan fingerprint density at radius 2 is 1.15 bits per heavy atom. The zero-order valence-corrected chi connectivity index (χ0v) is 41.4. The summed E-state index contributed by atoms with van der Waals surface area (Å²) in [4.78, 5) is 90.3. The molecule has 0 spiro atoms. The lowest BCUT2D eigenvalue weighted by atomic mass is 9.83. The SMILES string of the molecule is CCCC(=O)CCc1ccccc1.COC(=O)C(=Cc1cccc([N+](=O)[O-])c1)C(=O)OC.[2H]C([2H])(CC)C(=O)C([2H])([2H])Cc1ccccc1.[2H]C([2H])([2H])C([2H])([2H])C(c1cccc([N+](=O)[O-])c1)C(C(=O)OC)C(=O)OC.[2H]OC(C)(C)C. The number of nitro benzene ring substituents is 2. The van der Waals surface area contributed by atoms with Crippen molar-refractivity contribution in [3.8, 4) is 0 Å². The Bertz CT molecular complexity index is 2690. The van der Waals surface area contributed by atoms with Crippen LogP contribution in [-0.4, -0.2) is 85.9 Å². The van der Waals surface area contributed by atoms with Crippen LogP contribution >= 0.6 is 0 Å². The van der Waals surface area contributed by atoms with Crippen molar-refractivity contribution in [2.75, 3.05) is 28.4 Å². The molecule has 0 saturated heterocycles. The second-order valence-corrected chi connectivity index (χ2v) is 15.5. The molecule has 0 saturated carbocycles. The standard InChI is InChI=1S/C14H17NO6.C12H11NO6.2C12H16O.C4H10O/c1-4-11(12(13(16)20-2)14(17)21-3)9-6-5-7-10(8-9)15(18)19;1-18-11(14)10(12(15)19-2)7-8-4-3-5-9(6-8)13(16)17;2*1-2-6-12(13)10-9-11-7-4-3-5-8-11;1-4(2,3)5/h5-8,11-12H,4H2,1-3H3;3-7H,1-2H3;2*3-5,7-8H,2,6,9-10H2,1H3;5H,1-3H3/i1D3,4D2;;6D2,10D2;;5D. The van der Waals surface area contributed by atoms with Gasteiger partial charge in [0.05, 0.1) is 43.9 Å². The van der Waals surface area contributed by atoms with E-state index in [4.69, 9.17) is 13.8 Å². The minimum atomic E-state index is -3.25. The fraction of sp³-hybridized carbons (Fsp3) is 0.407. The number of methoxy groups -OCH3 is 4. The van der Waals surface area contributed by atoms with E-state index in [0.717, 1.165) is 59.8 Å². The number of ether oxygens (including phenoxy) is 4. The van der Waals surface area contributed by atoms with Crippen molar-refractivity contribution < 1.29 is 75.0 Å². The molecule has 0 aliphatic rings. The summed E-state index contributed by atoms with van der Waals surface area (Å²) in [7, 11) is 4.11. The van der Waals surface area contributed by atoms with Crippen molar-refractivity contribution in [2.24, 2.45) is 5.92 Å². The molecule has 0 aliphatic heterocycles. The Balaban J connectivity index is 0.00000104. The number of aliphatic hydroxyl groups is 1. The van der Waals surface area contributed by atoms with Gasteiger partial charge >= 0.3 is 23.9 Å². The normalized spacial score (nSPS) is 13.3. The van der Waals surface area contributed by atoms with E-state index in [2.05, 4.69) is 36.2 Å². The maximum Gasteiger partial charge on any atom is 0.345 e. The number of esters is 4. The van der Waals surface area contributed by atoms with E-state index in [0.29, 0.717) is 23.3 Å². The molecule has 0 fully saturated rings. The average molecular weight is 997 g/mol. The Morgan fingerprint density at radius 3 is 1.59 bits per heavy atom. The number of nitro groups is 2. The molecule has 1 unspecified atom stereocenters. The van der Waals surface area contributed by atoms with Gasteiger partial charge < -0.3 is 24.1 Å². The smallest absolute Gasteiger partial charge is 0.345 e. The Labute approximate surface area is 431 Å². The first kappa shape index (κ1) is 47.3. The van der Waals surface area contributed by atoms with E-state index in [-0.39, 0.29) is 35.3 Å². The third-order valence-corrected chi connectivity index (χ3v) is 8.74. The van der Waals surface area contributed by atoms with Gasteiger partial charge in [-0.15, -0.1) is 0 Å². The van der Waals surface area contributed by atoms with Crippen molar-refractivity contribution in [2.45, 2.75) is 111 Å². The van der Waals surface area contributed by atoms with Crippen LogP contribution in [0, 0.1) is 26.1 Å². The van der Waals surface area contributed by atoms with Gasteiger partial charge in [0, 0.05) is 68.1 Å². The van der Waals surface area contributed by atoms with Gasteiger partial charge in [-0.05, 0) is 81.2 Å². The van der Waals surface area contributed by atoms with Crippen LogP contribution in [0.25, 0.3) is 6.08 Å². The summed E-state index contributed by atoms with van der Waals surface area (Å²) in [5, 5.41) is 25.8. The number of benzene rings is 4. The number of non-ortho nitro benzene ring substituents is 2. The molecule has 4 rings (SSSR count). The van der Waals surface area contributed by atoms with E-state index >= 15 is 0 Å². The molecule has 0 radical (unpaired) electrons. The van der Waals surface area contributed by atoms with Crippen LogP contribution in [0.1, 0.15) is 127 Å². The summed E-state index contributed by atoms with van der Waals surface area (Å²) in [6.45, 7) is 5.83. The van der Waals surface area contributed by atoms with Gasteiger partial charge in [0.2, 0.25) is 1.43 Å². The molecule has 71 heavy (non-hydrogen) atoms. The Kier molecular flexibility index (Phi) is 23.8. The highest BCUT2D eigenvalue weighted by atomic mass is 16.6. The van der Waals surface area contributed by atoms with Gasteiger partial charge in [-0.2, -0.15) is 0 Å². The second-order valence-electron chi connectivity index (χ2n) is 15.5. The number of Topliss-reactive ketones (excluding diaryl/α,β-unsaturated/α-hetero) is 2. The minimum absolute atomic E-state index is 0.0138. The molecular formula is C54H70N2O15. The highest BCUT2D eigenvalue weighted by Gasteiger charge is 2.37. The van der Waals surface area contributed by atoms with Gasteiger partial charge in [0.1, 0.15) is 17.1 Å². The van der Waals surface area contributed by atoms with Crippen LogP contribution in [0.15, 0.2) is 115 Å². The average Bonchev–Trinajstić information content (AvgIpc) is 3.46. The third-order valence-electron chi connectivity index (χ3n) is 8.74. The van der Waals surface area contributed by atoms with E-state index in [1.54, 1.807) is 24.3 Å². The zero-order chi connectivity index (χ0) is 62.5. The number of carbonyl (C=O) groups is 6. The van der Waals surface area contributed by atoms with Crippen molar-refractivity contribution in [3.63, 3.8) is 0 Å². The molecule has 0 aliphatic carbocycles. The fourth-order valence-corrected chi connectivity index (χ4v) is 5.46. The molecular weight excluding hydrogens is 917 g/mol. The summed E-state index contributed by atoms with van der Waals surface area (Å²) < 4.78 is 93.1. The Hall–Kier alpha value is -7.40. The molecule has 386 valence electrons. The first-order valence-corrected chi connectivity index (χ1v) is 21.9. The topological polar surface area (TPSA) is 246 Å². The van der Waals surface area contributed by atoms with Crippen molar-refractivity contribution in [1.29, 1.82) is 1.43 Å². The molecule has 4 aromatic carbocycles. The van der Waals surface area contributed by atoms with Gasteiger partial charge in [-0.25, -0.2) is 9.59 Å². The zero-order valence-electron chi connectivity index (χ0n) is 51.4. The van der Waals surface area contributed by atoms with E-state index in [9.17, 15) is 49.0 Å². The summed E-state index contributed by atoms with van der Waals surface area (Å²) in [5.41, 5.74) is 0.807. The van der Waals surface area contributed by atoms with Crippen molar-refractivity contribution in [1.82, 2.24) is 0 Å².